The number of hydrogen-bond donors (Lipinski definition) is 0. The first-order valence-corrected chi connectivity index (χ1v) is 6.60. The van der Waals surface area contributed by atoms with Gasteiger partial charge in [-0.15, -0.1) is 0 Å². The van der Waals surface area contributed by atoms with Gasteiger partial charge in [-0.05, 0) is 33.6 Å². The van der Waals surface area contributed by atoms with Gasteiger partial charge in [-0.2, -0.15) is 0 Å². The highest BCUT2D eigenvalue weighted by molar-refractivity contribution is 5.69. The summed E-state index contributed by atoms with van der Waals surface area (Å²) in [7, 11) is 0. The Morgan fingerprint density at radius 2 is 2.11 bits per heavy atom. The van der Waals surface area contributed by atoms with Crippen molar-refractivity contribution >= 4 is 6.09 Å². The van der Waals surface area contributed by atoms with Crippen LogP contribution in [-0.2, 0) is 9.47 Å². The van der Waals surface area contributed by atoms with Crippen LogP contribution in [0.3, 0.4) is 0 Å². The van der Waals surface area contributed by atoms with E-state index >= 15 is 0 Å². The number of alkyl halides is 1. The molecule has 2 aliphatic heterocycles. The van der Waals surface area contributed by atoms with Crippen molar-refractivity contribution in [3.63, 3.8) is 0 Å². The van der Waals surface area contributed by atoms with E-state index < -0.39 is 17.9 Å². The van der Waals surface area contributed by atoms with Gasteiger partial charge in [0.15, 0.2) is 0 Å². The summed E-state index contributed by atoms with van der Waals surface area (Å²) in [5, 5.41) is 0. The van der Waals surface area contributed by atoms with Crippen molar-refractivity contribution < 1.29 is 18.7 Å². The Balaban J connectivity index is 1.88. The molecule has 2 saturated heterocycles. The third-order valence-electron chi connectivity index (χ3n) is 3.22. The lowest BCUT2D eigenvalue weighted by atomic mass is 10.1. The minimum atomic E-state index is -0.928. The predicted molar refractivity (Wildman–Crippen MR) is 65.2 cm³/mol. The average Bonchev–Trinajstić information content (AvgIpc) is 2.96. The maximum Gasteiger partial charge on any atom is 0.410 e. The van der Waals surface area contributed by atoms with Crippen LogP contribution in [0.4, 0.5) is 9.18 Å². The van der Waals surface area contributed by atoms with E-state index in [1.54, 1.807) is 0 Å². The Kier molecular flexibility index (Phi) is 3.80. The predicted octanol–water partition coefficient (Wildman–Crippen LogP) is 2.51. The molecule has 2 aliphatic rings. The number of ether oxygens (including phenoxy) is 2. The Bertz CT molecular complexity index is 312. The van der Waals surface area contributed by atoms with Crippen LogP contribution in [0.2, 0.25) is 0 Å². The fourth-order valence-corrected chi connectivity index (χ4v) is 2.29. The molecule has 5 heteroatoms. The van der Waals surface area contributed by atoms with Crippen LogP contribution in [0.5, 0.6) is 0 Å². The number of epoxide rings is 1. The molecule has 104 valence electrons. The van der Waals surface area contributed by atoms with Crippen LogP contribution in [0, 0.1) is 0 Å². The first kappa shape index (κ1) is 13.6. The number of nitrogens with zero attached hydrogens (tertiary/aromatic N) is 1. The number of likely N-dealkylation sites (tertiary alicyclic amines) is 1. The van der Waals surface area contributed by atoms with Gasteiger partial charge >= 0.3 is 6.09 Å². The number of carbonyl (C=O) groups is 1. The number of hydrogen-bond acceptors (Lipinski definition) is 3. The number of halogens is 1. The van der Waals surface area contributed by atoms with E-state index in [0.29, 0.717) is 12.5 Å². The monoisotopic (exact) mass is 259 g/mol. The molecule has 0 aromatic rings. The smallest absolute Gasteiger partial charge is 0.410 e. The van der Waals surface area contributed by atoms with Gasteiger partial charge in [-0.1, -0.05) is 0 Å². The standard InChI is InChI=1S/C13H22FNO3/c1-13(2,3)18-12(16)15-7-9(14)6-10(15)4-5-11-8-17-11/h9-11H,4-8H2,1-3H3/t9-,10?,11?/m1/s1. The van der Waals surface area contributed by atoms with Crippen molar-refractivity contribution in [1.82, 2.24) is 4.90 Å². The van der Waals surface area contributed by atoms with Crippen LogP contribution in [-0.4, -0.2) is 48.1 Å². The Hall–Kier alpha value is -0.840. The number of amides is 1. The van der Waals surface area contributed by atoms with Gasteiger partial charge in [-0.3, -0.25) is 0 Å². The third kappa shape index (κ3) is 3.83. The maximum atomic E-state index is 13.5. The lowest BCUT2D eigenvalue weighted by molar-refractivity contribution is 0.0210. The molecule has 0 aromatic heterocycles. The van der Waals surface area contributed by atoms with Gasteiger partial charge in [0.1, 0.15) is 11.8 Å². The lowest BCUT2D eigenvalue weighted by Crippen LogP contribution is -2.40. The molecule has 2 rings (SSSR count). The summed E-state index contributed by atoms with van der Waals surface area (Å²) in [6, 6.07) is -0.0425. The minimum absolute atomic E-state index is 0.0425. The SMILES string of the molecule is CC(C)(C)OC(=O)N1C[C@H](F)CC1CCC1CO1. The molecule has 0 radical (unpaired) electrons. The molecular weight excluding hydrogens is 237 g/mol. The minimum Gasteiger partial charge on any atom is -0.444 e. The summed E-state index contributed by atoms with van der Waals surface area (Å²) in [6.45, 7) is 6.42. The fourth-order valence-electron chi connectivity index (χ4n) is 2.29. The van der Waals surface area contributed by atoms with Crippen LogP contribution in [0.1, 0.15) is 40.0 Å². The lowest BCUT2D eigenvalue weighted by Gasteiger charge is -2.28. The van der Waals surface area contributed by atoms with Crippen molar-refractivity contribution in [3.05, 3.63) is 0 Å². The van der Waals surface area contributed by atoms with E-state index in [2.05, 4.69) is 0 Å². The van der Waals surface area contributed by atoms with E-state index in [0.717, 1.165) is 19.4 Å². The average molecular weight is 259 g/mol. The van der Waals surface area contributed by atoms with E-state index in [9.17, 15) is 9.18 Å². The molecular formula is C13H22FNO3. The molecule has 0 aromatic carbocycles. The molecule has 3 atom stereocenters. The fraction of sp³-hybridized carbons (Fsp3) is 0.923. The molecule has 0 aliphatic carbocycles. The molecule has 0 N–H and O–H groups in total. The normalized spacial score (nSPS) is 31.6. The van der Waals surface area contributed by atoms with Gasteiger partial charge in [0.25, 0.3) is 0 Å². The number of carbonyl (C=O) groups excluding carboxylic acids is 1. The van der Waals surface area contributed by atoms with Crippen molar-refractivity contribution in [2.24, 2.45) is 0 Å². The molecule has 2 heterocycles. The van der Waals surface area contributed by atoms with Gasteiger partial charge in [0.2, 0.25) is 0 Å². The van der Waals surface area contributed by atoms with Gasteiger partial charge in [0, 0.05) is 12.5 Å². The second-order valence-corrected chi connectivity index (χ2v) is 6.15. The molecule has 0 spiro atoms. The highest BCUT2D eigenvalue weighted by atomic mass is 19.1. The molecule has 1 amide bonds. The van der Waals surface area contributed by atoms with Crippen LogP contribution in [0.25, 0.3) is 0 Å². The van der Waals surface area contributed by atoms with Crippen LogP contribution < -0.4 is 0 Å². The second kappa shape index (κ2) is 5.03. The quantitative estimate of drug-likeness (QED) is 0.731. The van der Waals surface area contributed by atoms with E-state index in [4.69, 9.17) is 9.47 Å². The van der Waals surface area contributed by atoms with Gasteiger partial charge < -0.3 is 14.4 Å². The summed E-state index contributed by atoms with van der Waals surface area (Å²) in [5.74, 6) is 0. The van der Waals surface area contributed by atoms with Crippen molar-refractivity contribution in [2.75, 3.05) is 13.2 Å². The Labute approximate surface area is 107 Å². The summed E-state index contributed by atoms with van der Waals surface area (Å²) in [5.41, 5.74) is -0.532. The maximum absolute atomic E-state index is 13.5. The van der Waals surface area contributed by atoms with Gasteiger partial charge in [0.05, 0.1) is 19.3 Å². The summed E-state index contributed by atoms with van der Waals surface area (Å²) in [4.78, 5) is 13.5. The highest BCUT2D eigenvalue weighted by Crippen LogP contribution is 2.28. The molecule has 18 heavy (non-hydrogen) atoms. The zero-order valence-corrected chi connectivity index (χ0v) is 11.3. The van der Waals surface area contributed by atoms with Crippen molar-refractivity contribution in [3.8, 4) is 0 Å². The summed E-state index contributed by atoms with van der Waals surface area (Å²) in [6.07, 6.45) is 1.11. The number of rotatable bonds is 3. The van der Waals surface area contributed by atoms with E-state index in [1.165, 1.54) is 4.90 Å². The van der Waals surface area contributed by atoms with E-state index in [1.807, 2.05) is 20.8 Å². The molecule has 0 saturated carbocycles. The highest BCUT2D eigenvalue weighted by Gasteiger charge is 2.38. The Morgan fingerprint density at radius 3 is 2.67 bits per heavy atom. The molecule has 4 nitrogen and oxygen atoms in total. The van der Waals surface area contributed by atoms with Crippen LogP contribution in [0.15, 0.2) is 0 Å². The topological polar surface area (TPSA) is 42.1 Å². The molecule has 2 unspecified atom stereocenters. The molecule has 2 fully saturated rings. The van der Waals surface area contributed by atoms with Crippen molar-refractivity contribution in [2.45, 2.75) is 64.0 Å². The Morgan fingerprint density at radius 1 is 1.44 bits per heavy atom. The van der Waals surface area contributed by atoms with Crippen LogP contribution >= 0.6 is 0 Å². The third-order valence-corrected chi connectivity index (χ3v) is 3.22. The summed E-state index contributed by atoms with van der Waals surface area (Å²) >= 11 is 0. The molecule has 0 bridgehead atoms. The summed E-state index contributed by atoms with van der Waals surface area (Å²) < 4.78 is 23.9. The first-order valence-electron chi connectivity index (χ1n) is 6.60. The van der Waals surface area contributed by atoms with Crippen molar-refractivity contribution in [1.29, 1.82) is 0 Å². The largest absolute Gasteiger partial charge is 0.444 e. The first-order chi connectivity index (χ1) is 8.35. The zero-order chi connectivity index (χ0) is 13.3. The zero-order valence-electron chi connectivity index (χ0n) is 11.3. The van der Waals surface area contributed by atoms with E-state index in [-0.39, 0.29) is 12.6 Å². The second-order valence-electron chi connectivity index (χ2n) is 6.15. The van der Waals surface area contributed by atoms with Gasteiger partial charge in [-0.25, -0.2) is 9.18 Å².